The highest BCUT2D eigenvalue weighted by Gasteiger charge is 2.41. The average molecular weight is 293 g/mol. The van der Waals surface area contributed by atoms with E-state index in [1.807, 2.05) is 32.9 Å². The summed E-state index contributed by atoms with van der Waals surface area (Å²) in [7, 11) is 1.75. The number of rotatable bonds is 7. The maximum Gasteiger partial charge on any atom is 0.239 e. The third kappa shape index (κ3) is 4.77. The van der Waals surface area contributed by atoms with Crippen LogP contribution in [0.2, 0.25) is 0 Å². The number of anilines is 2. The van der Waals surface area contributed by atoms with E-state index < -0.39 is 0 Å². The lowest BCUT2D eigenvalue weighted by molar-refractivity contribution is 0.125. The van der Waals surface area contributed by atoms with Crippen LogP contribution in [0.5, 0.6) is 5.88 Å². The number of aromatic nitrogens is 1. The van der Waals surface area contributed by atoms with Gasteiger partial charge in [-0.15, -0.1) is 0 Å². The fourth-order valence-electron chi connectivity index (χ4n) is 2.21. The Hall–Kier alpha value is -1.49. The van der Waals surface area contributed by atoms with Crippen LogP contribution in [0.15, 0.2) is 12.1 Å². The van der Waals surface area contributed by atoms with Crippen molar-refractivity contribution in [3.8, 4) is 5.88 Å². The highest BCUT2D eigenvalue weighted by Crippen LogP contribution is 2.48. The van der Waals surface area contributed by atoms with E-state index in [0.29, 0.717) is 17.0 Å². The molecule has 1 aliphatic carbocycles. The molecule has 0 saturated heterocycles. The summed E-state index contributed by atoms with van der Waals surface area (Å²) in [4.78, 5) is 4.48. The number of pyridine rings is 1. The maximum absolute atomic E-state index is 5.92. The molecule has 2 rings (SSSR count). The van der Waals surface area contributed by atoms with Gasteiger partial charge in [0.2, 0.25) is 5.88 Å². The molecule has 1 heterocycles. The lowest BCUT2D eigenvalue weighted by Crippen LogP contribution is -2.24. The Bertz CT molecular complexity index is 479. The SMILES string of the molecule is COCCC1(CNc2ccc(N)c(OC(C)(C)C)n2)CC1. The van der Waals surface area contributed by atoms with Crippen LogP contribution >= 0.6 is 0 Å². The molecule has 0 bridgehead atoms. The molecule has 3 N–H and O–H groups in total. The minimum Gasteiger partial charge on any atom is -0.470 e. The molecule has 0 radical (unpaired) electrons. The van der Waals surface area contributed by atoms with Crippen LogP contribution in [0.4, 0.5) is 11.5 Å². The van der Waals surface area contributed by atoms with E-state index in [2.05, 4.69) is 10.3 Å². The van der Waals surface area contributed by atoms with Gasteiger partial charge in [0.1, 0.15) is 11.4 Å². The van der Waals surface area contributed by atoms with Crippen molar-refractivity contribution in [2.75, 3.05) is 31.3 Å². The second-order valence-corrected chi connectivity index (χ2v) is 6.90. The number of hydrogen-bond acceptors (Lipinski definition) is 5. The van der Waals surface area contributed by atoms with Gasteiger partial charge in [-0.3, -0.25) is 0 Å². The molecule has 1 saturated carbocycles. The molecule has 118 valence electrons. The Morgan fingerprint density at radius 2 is 2.05 bits per heavy atom. The van der Waals surface area contributed by atoms with Crippen molar-refractivity contribution in [2.45, 2.75) is 45.6 Å². The number of nitrogens with two attached hydrogens (primary N) is 1. The van der Waals surface area contributed by atoms with Gasteiger partial charge in [0.15, 0.2) is 0 Å². The summed E-state index contributed by atoms with van der Waals surface area (Å²) < 4.78 is 11.0. The van der Waals surface area contributed by atoms with Gasteiger partial charge in [-0.1, -0.05) is 0 Å². The van der Waals surface area contributed by atoms with Crippen LogP contribution in [-0.4, -0.2) is 30.8 Å². The van der Waals surface area contributed by atoms with Gasteiger partial charge < -0.3 is 20.5 Å². The highest BCUT2D eigenvalue weighted by atomic mass is 16.5. The molecule has 1 aromatic rings. The van der Waals surface area contributed by atoms with Gasteiger partial charge in [-0.2, -0.15) is 4.98 Å². The summed E-state index contributed by atoms with van der Waals surface area (Å²) in [6.45, 7) is 7.69. The average Bonchev–Trinajstić information content (AvgIpc) is 3.16. The van der Waals surface area contributed by atoms with Gasteiger partial charge in [0, 0.05) is 20.3 Å². The Kier molecular flexibility index (Phi) is 4.61. The van der Waals surface area contributed by atoms with Crippen LogP contribution in [-0.2, 0) is 4.74 Å². The van der Waals surface area contributed by atoms with E-state index in [0.717, 1.165) is 25.4 Å². The predicted octanol–water partition coefficient (Wildman–Crippen LogP) is 3.07. The van der Waals surface area contributed by atoms with Gasteiger partial charge >= 0.3 is 0 Å². The van der Waals surface area contributed by atoms with Crippen LogP contribution in [0.1, 0.15) is 40.0 Å². The maximum atomic E-state index is 5.92. The number of nitrogens with zero attached hydrogens (tertiary/aromatic N) is 1. The first kappa shape index (κ1) is 15.9. The van der Waals surface area contributed by atoms with Gasteiger partial charge in [-0.25, -0.2) is 0 Å². The van der Waals surface area contributed by atoms with Gasteiger partial charge in [0.05, 0.1) is 5.69 Å². The van der Waals surface area contributed by atoms with Crippen molar-refractivity contribution >= 4 is 11.5 Å². The molecule has 1 aliphatic rings. The first-order valence-electron chi connectivity index (χ1n) is 7.52. The number of methoxy groups -OCH3 is 1. The zero-order valence-corrected chi connectivity index (χ0v) is 13.5. The number of hydrogen-bond donors (Lipinski definition) is 2. The lowest BCUT2D eigenvalue weighted by atomic mass is 10.0. The lowest BCUT2D eigenvalue weighted by Gasteiger charge is -2.22. The van der Waals surface area contributed by atoms with Crippen LogP contribution in [0.25, 0.3) is 0 Å². The van der Waals surface area contributed by atoms with Crippen LogP contribution in [0.3, 0.4) is 0 Å². The van der Waals surface area contributed by atoms with Gasteiger partial charge in [0.25, 0.3) is 0 Å². The summed E-state index contributed by atoms with van der Waals surface area (Å²) >= 11 is 0. The first-order valence-corrected chi connectivity index (χ1v) is 7.52. The second kappa shape index (κ2) is 6.10. The Morgan fingerprint density at radius 3 is 2.62 bits per heavy atom. The van der Waals surface area contributed by atoms with E-state index in [1.165, 1.54) is 12.8 Å². The first-order chi connectivity index (χ1) is 9.84. The fraction of sp³-hybridized carbons (Fsp3) is 0.688. The topological polar surface area (TPSA) is 69.4 Å². The zero-order valence-electron chi connectivity index (χ0n) is 13.5. The van der Waals surface area contributed by atoms with Crippen LogP contribution < -0.4 is 15.8 Å². The Balaban J connectivity index is 1.96. The van der Waals surface area contributed by atoms with Crippen molar-refractivity contribution in [2.24, 2.45) is 5.41 Å². The molecule has 1 aromatic heterocycles. The standard InChI is InChI=1S/C16H27N3O2/c1-15(2,3)21-14-12(17)5-6-13(19-14)18-11-16(7-8-16)9-10-20-4/h5-6H,7-11,17H2,1-4H3,(H,18,19). The third-order valence-corrected chi connectivity index (χ3v) is 3.73. The van der Waals surface area contributed by atoms with Crippen molar-refractivity contribution in [1.82, 2.24) is 4.98 Å². The monoisotopic (exact) mass is 293 g/mol. The molecule has 0 amide bonds. The van der Waals surface area contributed by atoms with Crippen molar-refractivity contribution < 1.29 is 9.47 Å². The molecular weight excluding hydrogens is 266 g/mol. The molecular formula is C16H27N3O2. The van der Waals surface area contributed by atoms with E-state index in [9.17, 15) is 0 Å². The van der Waals surface area contributed by atoms with Crippen molar-refractivity contribution in [1.29, 1.82) is 0 Å². The predicted molar refractivity (Wildman–Crippen MR) is 85.7 cm³/mol. The third-order valence-electron chi connectivity index (χ3n) is 3.73. The Labute approximate surface area is 127 Å². The van der Waals surface area contributed by atoms with E-state index in [-0.39, 0.29) is 5.60 Å². The van der Waals surface area contributed by atoms with Gasteiger partial charge in [-0.05, 0) is 57.6 Å². The summed E-state index contributed by atoms with van der Waals surface area (Å²) in [6.07, 6.45) is 3.60. The second-order valence-electron chi connectivity index (χ2n) is 6.90. The quantitative estimate of drug-likeness (QED) is 0.808. The van der Waals surface area contributed by atoms with E-state index in [4.69, 9.17) is 15.2 Å². The largest absolute Gasteiger partial charge is 0.470 e. The minimum atomic E-state index is -0.310. The summed E-state index contributed by atoms with van der Waals surface area (Å²) in [5.41, 5.74) is 6.56. The highest BCUT2D eigenvalue weighted by molar-refractivity contribution is 5.53. The number of ether oxygens (including phenoxy) is 2. The summed E-state index contributed by atoms with van der Waals surface area (Å²) in [6, 6.07) is 3.74. The fourth-order valence-corrected chi connectivity index (χ4v) is 2.21. The molecule has 5 nitrogen and oxygen atoms in total. The van der Waals surface area contributed by atoms with E-state index >= 15 is 0 Å². The molecule has 5 heteroatoms. The summed E-state index contributed by atoms with van der Waals surface area (Å²) in [5.74, 6) is 1.31. The molecule has 0 aliphatic heterocycles. The van der Waals surface area contributed by atoms with Crippen molar-refractivity contribution in [3.63, 3.8) is 0 Å². The summed E-state index contributed by atoms with van der Waals surface area (Å²) in [5, 5.41) is 3.41. The molecule has 0 spiro atoms. The molecule has 21 heavy (non-hydrogen) atoms. The molecule has 1 fully saturated rings. The molecule has 0 unspecified atom stereocenters. The van der Waals surface area contributed by atoms with Crippen molar-refractivity contribution in [3.05, 3.63) is 12.1 Å². The molecule has 0 atom stereocenters. The zero-order chi connectivity index (χ0) is 15.5. The molecule has 0 aromatic carbocycles. The normalized spacial score (nSPS) is 16.6. The minimum absolute atomic E-state index is 0.310. The number of nitrogens with one attached hydrogen (secondary N) is 1. The Morgan fingerprint density at radius 1 is 1.33 bits per heavy atom. The van der Waals surface area contributed by atoms with E-state index in [1.54, 1.807) is 7.11 Å². The number of nitrogen functional groups attached to an aromatic ring is 1. The van der Waals surface area contributed by atoms with Crippen LogP contribution in [0, 0.1) is 5.41 Å². The smallest absolute Gasteiger partial charge is 0.239 e.